The maximum Gasteiger partial charge on any atom is 0.239 e. The Bertz CT molecular complexity index is 360. The minimum absolute atomic E-state index is 0.0416. The number of hydrogen-bond acceptors (Lipinski definition) is 3. The molecule has 0 aliphatic heterocycles. The summed E-state index contributed by atoms with van der Waals surface area (Å²) in [4.78, 5) is 15.7. The van der Waals surface area contributed by atoms with Gasteiger partial charge in [0, 0.05) is 19.3 Å². The van der Waals surface area contributed by atoms with Gasteiger partial charge in [-0.05, 0) is 18.9 Å². The van der Waals surface area contributed by atoms with Crippen molar-refractivity contribution in [3.8, 4) is 0 Å². The topological polar surface area (TPSA) is 59.0 Å². The SMILES string of the molecule is CCCNC(=O)Cn1cncc1CNCC(C)C. The van der Waals surface area contributed by atoms with Crippen LogP contribution in [0.3, 0.4) is 0 Å². The van der Waals surface area contributed by atoms with Gasteiger partial charge in [-0.1, -0.05) is 20.8 Å². The Morgan fingerprint density at radius 1 is 1.50 bits per heavy atom. The fourth-order valence-corrected chi connectivity index (χ4v) is 1.60. The van der Waals surface area contributed by atoms with Gasteiger partial charge in [-0.25, -0.2) is 4.98 Å². The average Bonchev–Trinajstić information content (AvgIpc) is 2.73. The molecule has 0 unspecified atom stereocenters. The minimum Gasteiger partial charge on any atom is -0.355 e. The molecule has 1 aromatic heterocycles. The van der Waals surface area contributed by atoms with Crippen molar-refractivity contribution >= 4 is 5.91 Å². The van der Waals surface area contributed by atoms with Crippen molar-refractivity contribution < 1.29 is 4.79 Å². The molecule has 1 heterocycles. The van der Waals surface area contributed by atoms with Gasteiger partial charge in [-0.2, -0.15) is 0 Å². The summed E-state index contributed by atoms with van der Waals surface area (Å²) in [7, 11) is 0. The normalized spacial score (nSPS) is 10.9. The Hall–Kier alpha value is -1.36. The summed E-state index contributed by atoms with van der Waals surface area (Å²) in [5.74, 6) is 0.661. The smallest absolute Gasteiger partial charge is 0.239 e. The van der Waals surface area contributed by atoms with E-state index in [1.54, 1.807) is 12.5 Å². The number of aromatic nitrogens is 2. The molecular formula is C13H24N4O. The number of hydrogen-bond donors (Lipinski definition) is 2. The van der Waals surface area contributed by atoms with Gasteiger partial charge < -0.3 is 15.2 Å². The zero-order chi connectivity index (χ0) is 13.4. The number of rotatable bonds is 8. The number of amides is 1. The molecule has 0 atom stereocenters. The number of nitrogens with one attached hydrogen (secondary N) is 2. The molecule has 0 saturated carbocycles. The molecule has 0 aliphatic rings. The Morgan fingerprint density at radius 2 is 2.28 bits per heavy atom. The molecule has 0 saturated heterocycles. The van der Waals surface area contributed by atoms with Crippen LogP contribution >= 0.6 is 0 Å². The molecule has 18 heavy (non-hydrogen) atoms. The van der Waals surface area contributed by atoms with Gasteiger partial charge in [0.1, 0.15) is 6.54 Å². The fourth-order valence-electron chi connectivity index (χ4n) is 1.60. The maximum absolute atomic E-state index is 11.6. The standard InChI is InChI=1S/C13H24N4O/c1-4-5-16-13(18)9-17-10-15-8-12(17)7-14-6-11(2)3/h8,10-11,14H,4-7,9H2,1-3H3,(H,16,18). The second-order valence-corrected chi connectivity index (χ2v) is 4.89. The van der Waals surface area contributed by atoms with Crippen molar-refractivity contribution in [2.75, 3.05) is 13.1 Å². The van der Waals surface area contributed by atoms with E-state index < -0.39 is 0 Å². The van der Waals surface area contributed by atoms with E-state index in [4.69, 9.17) is 0 Å². The van der Waals surface area contributed by atoms with Crippen LogP contribution in [0.1, 0.15) is 32.9 Å². The van der Waals surface area contributed by atoms with Gasteiger partial charge in [-0.3, -0.25) is 4.79 Å². The first-order valence-corrected chi connectivity index (χ1v) is 6.60. The lowest BCUT2D eigenvalue weighted by Gasteiger charge is -2.10. The van der Waals surface area contributed by atoms with Crippen molar-refractivity contribution in [1.29, 1.82) is 0 Å². The largest absolute Gasteiger partial charge is 0.355 e. The van der Waals surface area contributed by atoms with Crippen LogP contribution in [0.4, 0.5) is 0 Å². The molecule has 0 aliphatic carbocycles. The van der Waals surface area contributed by atoms with E-state index in [-0.39, 0.29) is 5.91 Å². The summed E-state index contributed by atoms with van der Waals surface area (Å²) in [6.07, 6.45) is 4.47. The Kier molecular flexibility index (Phi) is 6.43. The first-order valence-electron chi connectivity index (χ1n) is 6.60. The number of carbonyl (C=O) groups excluding carboxylic acids is 1. The third-order valence-electron chi connectivity index (χ3n) is 2.54. The first-order chi connectivity index (χ1) is 8.63. The molecule has 5 heteroatoms. The Labute approximate surface area is 109 Å². The molecule has 0 fully saturated rings. The van der Waals surface area contributed by atoms with Crippen LogP contribution < -0.4 is 10.6 Å². The van der Waals surface area contributed by atoms with Gasteiger partial charge >= 0.3 is 0 Å². The number of nitrogens with zero attached hydrogens (tertiary/aromatic N) is 2. The number of imidazole rings is 1. The highest BCUT2D eigenvalue weighted by molar-refractivity contribution is 5.75. The third kappa shape index (κ3) is 5.31. The van der Waals surface area contributed by atoms with Crippen molar-refractivity contribution in [2.45, 2.75) is 40.3 Å². The average molecular weight is 252 g/mol. The zero-order valence-corrected chi connectivity index (χ0v) is 11.6. The highest BCUT2D eigenvalue weighted by Gasteiger charge is 2.06. The molecule has 0 radical (unpaired) electrons. The quantitative estimate of drug-likeness (QED) is 0.730. The molecule has 1 rings (SSSR count). The van der Waals surface area contributed by atoms with E-state index in [1.165, 1.54) is 0 Å². The molecule has 2 N–H and O–H groups in total. The highest BCUT2D eigenvalue weighted by Crippen LogP contribution is 1.99. The van der Waals surface area contributed by atoms with Crippen molar-refractivity contribution in [3.05, 3.63) is 18.2 Å². The molecular weight excluding hydrogens is 228 g/mol. The van der Waals surface area contributed by atoms with Crippen LogP contribution in [-0.4, -0.2) is 28.5 Å². The van der Waals surface area contributed by atoms with Crippen LogP contribution in [0.2, 0.25) is 0 Å². The second-order valence-electron chi connectivity index (χ2n) is 4.89. The Balaban J connectivity index is 2.41. The van der Waals surface area contributed by atoms with E-state index >= 15 is 0 Å². The van der Waals surface area contributed by atoms with E-state index in [0.29, 0.717) is 12.5 Å². The summed E-state index contributed by atoms with van der Waals surface area (Å²) >= 11 is 0. The predicted octanol–water partition coefficient (Wildman–Crippen LogP) is 1.15. The molecule has 0 spiro atoms. The molecule has 5 nitrogen and oxygen atoms in total. The monoisotopic (exact) mass is 252 g/mol. The lowest BCUT2D eigenvalue weighted by molar-refractivity contribution is -0.121. The summed E-state index contributed by atoms with van der Waals surface area (Å²) in [6, 6.07) is 0. The molecule has 1 amide bonds. The summed E-state index contributed by atoms with van der Waals surface area (Å²) in [5, 5.41) is 6.22. The maximum atomic E-state index is 11.6. The van der Waals surface area contributed by atoms with Crippen LogP contribution in [0.15, 0.2) is 12.5 Å². The van der Waals surface area contributed by atoms with Gasteiger partial charge in [0.15, 0.2) is 0 Å². The first kappa shape index (κ1) is 14.7. The van der Waals surface area contributed by atoms with E-state index in [1.807, 2.05) is 11.5 Å². The number of carbonyl (C=O) groups is 1. The lowest BCUT2D eigenvalue weighted by atomic mass is 10.2. The fraction of sp³-hybridized carbons (Fsp3) is 0.692. The van der Waals surface area contributed by atoms with Gasteiger partial charge in [0.05, 0.1) is 12.0 Å². The Morgan fingerprint density at radius 3 is 2.94 bits per heavy atom. The van der Waals surface area contributed by atoms with Gasteiger partial charge in [-0.15, -0.1) is 0 Å². The minimum atomic E-state index is 0.0416. The van der Waals surface area contributed by atoms with Crippen molar-refractivity contribution in [2.24, 2.45) is 5.92 Å². The lowest BCUT2D eigenvalue weighted by Crippen LogP contribution is -2.29. The van der Waals surface area contributed by atoms with E-state index in [2.05, 4.69) is 29.5 Å². The second kappa shape index (κ2) is 7.87. The third-order valence-corrected chi connectivity index (χ3v) is 2.54. The van der Waals surface area contributed by atoms with Crippen LogP contribution in [0, 0.1) is 5.92 Å². The summed E-state index contributed by atoms with van der Waals surface area (Å²) in [5.41, 5.74) is 1.04. The van der Waals surface area contributed by atoms with Crippen molar-refractivity contribution in [1.82, 2.24) is 20.2 Å². The molecule has 0 aromatic carbocycles. The van der Waals surface area contributed by atoms with Crippen LogP contribution in [-0.2, 0) is 17.9 Å². The molecule has 0 bridgehead atoms. The summed E-state index contributed by atoms with van der Waals surface area (Å²) in [6.45, 7) is 9.17. The van der Waals surface area contributed by atoms with Gasteiger partial charge in [0.25, 0.3) is 0 Å². The van der Waals surface area contributed by atoms with E-state index in [9.17, 15) is 4.79 Å². The zero-order valence-electron chi connectivity index (χ0n) is 11.6. The van der Waals surface area contributed by atoms with Crippen LogP contribution in [0.5, 0.6) is 0 Å². The van der Waals surface area contributed by atoms with Crippen LogP contribution in [0.25, 0.3) is 0 Å². The van der Waals surface area contributed by atoms with Gasteiger partial charge in [0.2, 0.25) is 5.91 Å². The molecule has 1 aromatic rings. The van der Waals surface area contributed by atoms with Crippen molar-refractivity contribution in [3.63, 3.8) is 0 Å². The molecule has 102 valence electrons. The summed E-state index contributed by atoms with van der Waals surface area (Å²) < 4.78 is 1.89. The van der Waals surface area contributed by atoms with E-state index in [0.717, 1.165) is 31.7 Å². The predicted molar refractivity (Wildman–Crippen MR) is 72.1 cm³/mol. The highest BCUT2D eigenvalue weighted by atomic mass is 16.1.